The predicted octanol–water partition coefficient (Wildman–Crippen LogP) is 3.46. The predicted molar refractivity (Wildman–Crippen MR) is 62.5 cm³/mol. The summed E-state index contributed by atoms with van der Waals surface area (Å²) >= 11 is 3.01. The first-order chi connectivity index (χ1) is 8.74. The molecule has 0 aliphatic heterocycles. The third-order valence-electron chi connectivity index (χ3n) is 2.03. The van der Waals surface area contributed by atoms with Crippen molar-refractivity contribution in [2.24, 2.45) is 0 Å². The first-order valence-corrected chi connectivity index (χ1v) is 6.00. The first-order valence-electron chi connectivity index (χ1n) is 4.88. The van der Waals surface area contributed by atoms with Crippen LogP contribution in [0.2, 0.25) is 0 Å². The van der Waals surface area contributed by atoms with Gasteiger partial charge in [0.1, 0.15) is 0 Å². The minimum absolute atomic E-state index is 0.0588. The van der Waals surface area contributed by atoms with Crippen LogP contribution in [0.5, 0.6) is 5.75 Å². The van der Waals surface area contributed by atoms with E-state index in [9.17, 15) is 28.1 Å². The van der Waals surface area contributed by atoms with Gasteiger partial charge < -0.3 is 4.74 Å². The number of alkyl halides is 4. The van der Waals surface area contributed by atoms with Crippen molar-refractivity contribution < 1.29 is 27.6 Å². The minimum atomic E-state index is -5.07. The molecule has 0 amide bonds. The number of hydrogen-bond donors (Lipinski definition) is 0. The summed E-state index contributed by atoms with van der Waals surface area (Å²) in [6, 6.07) is 2.62. The number of nitro benzene ring substituents is 1. The van der Waals surface area contributed by atoms with E-state index in [1.165, 1.54) is 0 Å². The molecule has 0 unspecified atom stereocenters. The number of carbonyl (C=O) groups is 1. The van der Waals surface area contributed by atoms with Gasteiger partial charge >= 0.3 is 12.0 Å². The van der Waals surface area contributed by atoms with Crippen molar-refractivity contribution in [2.75, 3.05) is 5.33 Å². The molecule has 1 rings (SSSR count). The van der Waals surface area contributed by atoms with Crippen LogP contribution in [0, 0.1) is 10.1 Å². The van der Waals surface area contributed by atoms with Crippen molar-refractivity contribution in [3.05, 3.63) is 33.9 Å². The topological polar surface area (TPSA) is 69.4 Å². The summed E-state index contributed by atoms with van der Waals surface area (Å²) in [5.41, 5.74) is -0.933. The molecule has 0 N–H and O–H groups in total. The van der Waals surface area contributed by atoms with Gasteiger partial charge in [-0.05, 0) is 12.1 Å². The van der Waals surface area contributed by atoms with Crippen LogP contribution in [-0.4, -0.2) is 22.4 Å². The number of rotatable bonds is 5. The molecule has 0 radical (unpaired) electrons. The first kappa shape index (κ1) is 15.4. The van der Waals surface area contributed by atoms with Crippen LogP contribution in [0.1, 0.15) is 16.8 Å². The minimum Gasteiger partial charge on any atom is -0.398 e. The largest absolute Gasteiger partial charge is 0.573 e. The van der Waals surface area contributed by atoms with Gasteiger partial charge in [-0.1, -0.05) is 15.9 Å². The second-order valence-corrected chi connectivity index (χ2v) is 4.14. The van der Waals surface area contributed by atoms with Crippen molar-refractivity contribution in [1.82, 2.24) is 0 Å². The molecule has 5 nitrogen and oxygen atoms in total. The van der Waals surface area contributed by atoms with Crippen LogP contribution in [-0.2, 0) is 0 Å². The van der Waals surface area contributed by atoms with Gasteiger partial charge in [0.15, 0.2) is 5.78 Å². The summed E-state index contributed by atoms with van der Waals surface area (Å²) < 4.78 is 39.9. The Labute approximate surface area is 113 Å². The van der Waals surface area contributed by atoms with E-state index in [-0.39, 0.29) is 12.0 Å². The molecule has 0 spiro atoms. The highest BCUT2D eigenvalue weighted by Gasteiger charge is 2.34. The maximum atomic E-state index is 12.1. The van der Waals surface area contributed by atoms with Crippen molar-refractivity contribution in [2.45, 2.75) is 12.8 Å². The fraction of sp³-hybridized carbons (Fsp3) is 0.300. The van der Waals surface area contributed by atoms with Gasteiger partial charge in [0.05, 0.1) is 4.92 Å². The van der Waals surface area contributed by atoms with Gasteiger partial charge in [0.25, 0.3) is 0 Å². The molecule has 19 heavy (non-hydrogen) atoms. The Kier molecular flexibility index (Phi) is 4.87. The Hall–Kier alpha value is -1.64. The van der Waals surface area contributed by atoms with E-state index in [0.717, 1.165) is 18.2 Å². The summed E-state index contributed by atoms with van der Waals surface area (Å²) in [5.74, 6) is -1.45. The van der Waals surface area contributed by atoms with Crippen molar-refractivity contribution in [3.8, 4) is 5.75 Å². The van der Waals surface area contributed by atoms with Gasteiger partial charge in [-0.2, -0.15) is 0 Å². The molecule has 1 aromatic rings. The fourth-order valence-electron chi connectivity index (χ4n) is 1.27. The fourth-order valence-corrected chi connectivity index (χ4v) is 1.64. The molecule has 0 saturated carbocycles. The van der Waals surface area contributed by atoms with Gasteiger partial charge in [0.2, 0.25) is 5.75 Å². The van der Waals surface area contributed by atoms with Crippen LogP contribution in [0.15, 0.2) is 18.2 Å². The van der Waals surface area contributed by atoms with E-state index >= 15 is 0 Å². The molecule has 0 aliphatic rings. The second-order valence-electron chi connectivity index (χ2n) is 3.35. The zero-order valence-corrected chi connectivity index (χ0v) is 10.8. The number of ether oxygens (including phenoxy) is 1. The lowest BCUT2D eigenvalue weighted by molar-refractivity contribution is -0.388. The van der Waals surface area contributed by atoms with E-state index in [1.54, 1.807) is 0 Å². The molecule has 0 aliphatic carbocycles. The highest BCUT2D eigenvalue weighted by atomic mass is 79.9. The molecule has 0 aromatic heterocycles. The van der Waals surface area contributed by atoms with Gasteiger partial charge in [-0.25, -0.2) is 0 Å². The average Bonchev–Trinajstić information content (AvgIpc) is 2.26. The molecular weight excluding hydrogens is 335 g/mol. The maximum absolute atomic E-state index is 12.1. The maximum Gasteiger partial charge on any atom is 0.573 e. The van der Waals surface area contributed by atoms with E-state index < -0.39 is 28.5 Å². The Morgan fingerprint density at radius 1 is 1.42 bits per heavy atom. The number of benzene rings is 1. The van der Waals surface area contributed by atoms with Crippen LogP contribution < -0.4 is 4.74 Å². The van der Waals surface area contributed by atoms with Crippen molar-refractivity contribution >= 4 is 27.4 Å². The summed E-state index contributed by atoms with van der Waals surface area (Å²) in [6.07, 6.45) is -5.01. The normalized spacial score (nSPS) is 11.2. The SMILES string of the molecule is O=C(CCBr)c1ccc([N+](=O)[O-])c(OC(F)(F)F)c1. The van der Waals surface area contributed by atoms with Gasteiger partial charge in [-0.15, -0.1) is 13.2 Å². The van der Waals surface area contributed by atoms with Crippen LogP contribution in [0.4, 0.5) is 18.9 Å². The van der Waals surface area contributed by atoms with E-state index in [0.29, 0.717) is 5.33 Å². The smallest absolute Gasteiger partial charge is 0.398 e. The number of hydrogen-bond acceptors (Lipinski definition) is 4. The molecule has 104 valence electrons. The average molecular weight is 342 g/mol. The number of nitro groups is 1. The number of ketones is 1. The zero-order valence-electron chi connectivity index (χ0n) is 9.24. The third-order valence-corrected chi connectivity index (χ3v) is 2.42. The molecule has 0 fully saturated rings. The Morgan fingerprint density at radius 3 is 2.53 bits per heavy atom. The van der Waals surface area contributed by atoms with Crippen LogP contribution in [0.25, 0.3) is 0 Å². The summed E-state index contributed by atoms with van der Waals surface area (Å²) in [5, 5.41) is 10.9. The van der Waals surface area contributed by atoms with E-state index in [4.69, 9.17) is 0 Å². The Morgan fingerprint density at radius 2 is 2.05 bits per heavy atom. The highest BCUT2D eigenvalue weighted by Crippen LogP contribution is 2.33. The summed E-state index contributed by atoms with van der Waals surface area (Å²) in [4.78, 5) is 21.1. The van der Waals surface area contributed by atoms with Crippen molar-refractivity contribution in [1.29, 1.82) is 0 Å². The lowest BCUT2D eigenvalue weighted by atomic mass is 10.1. The second kappa shape index (κ2) is 6.00. The van der Waals surface area contributed by atoms with Crippen LogP contribution >= 0.6 is 15.9 Å². The Bertz CT molecular complexity index is 504. The zero-order chi connectivity index (χ0) is 14.6. The number of nitrogens with zero attached hydrogens (tertiary/aromatic N) is 1. The monoisotopic (exact) mass is 341 g/mol. The molecule has 1 aromatic carbocycles. The summed E-state index contributed by atoms with van der Waals surface area (Å²) in [7, 11) is 0. The lowest BCUT2D eigenvalue weighted by Crippen LogP contribution is -2.18. The van der Waals surface area contributed by atoms with E-state index in [2.05, 4.69) is 20.7 Å². The lowest BCUT2D eigenvalue weighted by Gasteiger charge is -2.10. The molecule has 0 heterocycles. The van der Waals surface area contributed by atoms with Gasteiger partial charge in [-0.3, -0.25) is 14.9 Å². The quantitative estimate of drug-likeness (QED) is 0.356. The molecule has 0 atom stereocenters. The molecular formula is C10H7BrF3NO4. The number of halogens is 4. The number of Topliss-reactive ketones (excluding diaryl/α,β-unsaturated/α-hetero) is 1. The Balaban J connectivity index is 3.18. The van der Waals surface area contributed by atoms with Crippen LogP contribution in [0.3, 0.4) is 0 Å². The number of carbonyl (C=O) groups excluding carboxylic acids is 1. The van der Waals surface area contributed by atoms with Gasteiger partial charge in [0, 0.05) is 23.4 Å². The highest BCUT2D eigenvalue weighted by molar-refractivity contribution is 9.09. The molecule has 0 saturated heterocycles. The summed E-state index contributed by atoms with van der Waals surface area (Å²) in [6.45, 7) is 0. The van der Waals surface area contributed by atoms with Crippen molar-refractivity contribution in [3.63, 3.8) is 0 Å². The standard InChI is InChI=1S/C10H7BrF3NO4/c11-4-3-8(16)6-1-2-7(15(17)18)9(5-6)19-10(12,13)14/h1-2,5H,3-4H2. The van der Waals surface area contributed by atoms with E-state index in [1.807, 2.05) is 0 Å². The molecule has 0 bridgehead atoms. The molecule has 9 heteroatoms. The third kappa shape index (κ3) is 4.51.